The van der Waals surface area contributed by atoms with Crippen molar-refractivity contribution in [3.8, 4) is 0 Å². The number of hydrogen-bond donors (Lipinski definition) is 1. The average Bonchev–Trinajstić information content (AvgIpc) is 2.38. The van der Waals surface area contributed by atoms with Gasteiger partial charge in [-0.05, 0) is 17.7 Å². The van der Waals surface area contributed by atoms with E-state index in [1.165, 1.54) is 12.4 Å². The second-order valence-corrected chi connectivity index (χ2v) is 4.44. The molecular formula is C13H10Cl2N2O. The summed E-state index contributed by atoms with van der Waals surface area (Å²) in [5, 5.41) is 3.71. The van der Waals surface area contributed by atoms with E-state index in [1.54, 1.807) is 12.1 Å². The van der Waals surface area contributed by atoms with E-state index in [9.17, 15) is 4.79 Å². The van der Waals surface area contributed by atoms with Crippen LogP contribution in [0.25, 0.3) is 0 Å². The monoisotopic (exact) mass is 280 g/mol. The molecule has 0 fully saturated rings. The number of aromatic nitrogens is 1. The van der Waals surface area contributed by atoms with Gasteiger partial charge in [-0.1, -0.05) is 41.4 Å². The maximum absolute atomic E-state index is 11.9. The summed E-state index contributed by atoms with van der Waals surface area (Å²) in [6.45, 7) is 0.358. The fraction of sp³-hybridized carbons (Fsp3) is 0.0769. The zero-order valence-corrected chi connectivity index (χ0v) is 10.9. The fourth-order valence-electron chi connectivity index (χ4n) is 1.47. The Hall–Kier alpha value is -1.58. The molecule has 0 saturated carbocycles. The minimum atomic E-state index is -0.248. The summed E-state index contributed by atoms with van der Waals surface area (Å²) in [5.74, 6) is -0.248. The number of carbonyl (C=O) groups excluding carboxylic acids is 1. The SMILES string of the molecule is O=C(NCc1ccccc1Cl)c1ccncc1Cl. The van der Waals surface area contributed by atoms with Crippen LogP contribution in [0.15, 0.2) is 42.7 Å². The number of hydrogen-bond acceptors (Lipinski definition) is 2. The molecule has 18 heavy (non-hydrogen) atoms. The van der Waals surface area contributed by atoms with Gasteiger partial charge in [0.25, 0.3) is 5.91 Å². The van der Waals surface area contributed by atoms with Gasteiger partial charge >= 0.3 is 0 Å². The Balaban J connectivity index is 2.06. The van der Waals surface area contributed by atoms with Crippen molar-refractivity contribution in [1.82, 2.24) is 10.3 Å². The summed E-state index contributed by atoms with van der Waals surface area (Å²) in [6, 6.07) is 8.92. The summed E-state index contributed by atoms with van der Waals surface area (Å²) in [6.07, 6.45) is 2.96. The second-order valence-electron chi connectivity index (χ2n) is 3.63. The molecule has 2 rings (SSSR count). The number of benzene rings is 1. The number of carbonyl (C=O) groups is 1. The molecule has 1 aromatic carbocycles. The number of rotatable bonds is 3. The molecule has 0 aliphatic carbocycles. The minimum Gasteiger partial charge on any atom is -0.348 e. The molecule has 0 aliphatic rings. The van der Waals surface area contributed by atoms with Gasteiger partial charge in [0.15, 0.2) is 0 Å². The maximum Gasteiger partial charge on any atom is 0.253 e. The van der Waals surface area contributed by atoms with Crippen LogP contribution in [0.4, 0.5) is 0 Å². The van der Waals surface area contributed by atoms with E-state index in [-0.39, 0.29) is 5.91 Å². The number of nitrogens with one attached hydrogen (secondary N) is 1. The third-order valence-electron chi connectivity index (χ3n) is 2.41. The molecule has 1 amide bonds. The van der Waals surface area contributed by atoms with Gasteiger partial charge < -0.3 is 5.32 Å². The topological polar surface area (TPSA) is 42.0 Å². The number of nitrogens with zero attached hydrogens (tertiary/aromatic N) is 1. The lowest BCUT2D eigenvalue weighted by molar-refractivity contribution is 0.0951. The Kier molecular flexibility index (Phi) is 4.18. The second kappa shape index (κ2) is 5.85. The summed E-state index contributed by atoms with van der Waals surface area (Å²) in [5.41, 5.74) is 1.26. The van der Waals surface area contributed by atoms with E-state index >= 15 is 0 Å². The molecule has 1 aromatic heterocycles. The zero-order chi connectivity index (χ0) is 13.0. The highest BCUT2D eigenvalue weighted by atomic mass is 35.5. The first kappa shape index (κ1) is 12.9. The van der Waals surface area contributed by atoms with Gasteiger partial charge in [0.2, 0.25) is 0 Å². The van der Waals surface area contributed by atoms with E-state index in [0.717, 1.165) is 5.56 Å². The predicted octanol–water partition coefficient (Wildman–Crippen LogP) is 3.32. The van der Waals surface area contributed by atoms with Crippen molar-refractivity contribution in [1.29, 1.82) is 0 Å². The van der Waals surface area contributed by atoms with E-state index in [0.29, 0.717) is 22.2 Å². The summed E-state index contributed by atoms with van der Waals surface area (Å²) < 4.78 is 0. The molecule has 1 N–H and O–H groups in total. The van der Waals surface area contributed by atoms with Crippen LogP contribution >= 0.6 is 23.2 Å². The Labute approximate surface area is 115 Å². The highest BCUT2D eigenvalue weighted by Gasteiger charge is 2.09. The summed E-state index contributed by atoms with van der Waals surface area (Å²) in [4.78, 5) is 15.7. The van der Waals surface area contributed by atoms with Gasteiger partial charge in [-0.15, -0.1) is 0 Å². The van der Waals surface area contributed by atoms with Crippen LogP contribution in [0.3, 0.4) is 0 Å². The maximum atomic E-state index is 11.9. The lowest BCUT2D eigenvalue weighted by Crippen LogP contribution is -2.23. The molecule has 92 valence electrons. The van der Waals surface area contributed by atoms with Gasteiger partial charge in [-0.2, -0.15) is 0 Å². The van der Waals surface area contributed by atoms with Gasteiger partial charge in [-0.3, -0.25) is 9.78 Å². The minimum absolute atomic E-state index is 0.248. The summed E-state index contributed by atoms with van der Waals surface area (Å²) in [7, 11) is 0. The van der Waals surface area contributed by atoms with Crippen LogP contribution in [0.5, 0.6) is 0 Å². The van der Waals surface area contributed by atoms with Crippen LogP contribution in [0.1, 0.15) is 15.9 Å². The molecule has 3 nitrogen and oxygen atoms in total. The summed E-state index contributed by atoms with van der Waals surface area (Å²) >= 11 is 11.9. The Morgan fingerprint density at radius 2 is 1.94 bits per heavy atom. The quantitative estimate of drug-likeness (QED) is 0.937. The number of amides is 1. The largest absolute Gasteiger partial charge is 0.348 e. The van der Waals surface area contributed by atoms with E-state index in [2.05, 4.69) is 10.3 Å². The lowest BCUT2D eigenvalue weighted by atomic mass is 10.2. The molecule has 1 heterocycles. The molecule has 0 radical (unpaired) electrons. The average molecular weight is 281 g/mol. The Morgan fingerprint density at radius 1 is 1.17 bits per heavy atom. The van der Waals surface area contributed by atoms with Crippen molar-refractivity contribution in [3.05, 3.63) is 63.9 Å². The number of pyridine rings is 1. The van der Waals surface area contributed by atoms with Crippen LogP contribution in [-0.2, 0) is 6.54 Å². The van der Waals surface area contributed by atoms with Crippen molar-refractivity contribution in [2.24, 2.45) is 0 Å². The molecular weight excluding hydrogens is 271 g/mol. The predicted molar refractivity (Wildman–Crippen MR) is 71.9 cm³/mol. The smallest absolute Gasteiger partial charge is 0.253 e. The van der Waals surface area contributed by atoms with Crippen molar-refractivity contribution < 1.29 is 4.79 Å². The zero-order valence-electron chi connectivity index (χ0n) is 9.36. The van der Waals surface area contributed by atoms with Gasteiger partial charge in [0.1, 0.15) is 0 Å². The molecule has 0 atom stereocenters. The normalized spacial score (nSPS) is 10.1. The molecule has 0 saturated heterocycles. The van der Waals surface area contributed by atoms with Crippen molar-refractivity contribution in [3.63, 3.8) is 0 Å². The molecule has 0 spiro atoms. The van der Waals surface area contributed by atoms with Gasteiger partial charge in [0.05, 0.1) is 10.6 Å². The molecule has 2 aromatic rings. The first-order chi connectivity index (χ1) is 8.68. The first-order valence-corrected chi connectivity index (χ1v) is 6.05. The van der Waals surface area contributed by atoms with Crippen LogP contribution in [-0.4, -0.2) is 10.9 Å². The van der Waals surface area contributed by atoms with E-state index in [1.807, 2.05) is 18.2 Å². The first-order valence-electron chi connectivity index (χ1n) is 5.29. The molecule has 0 bridgehead atoms. The third-order valence-corrected chi connectivity index (χ3v) is 3.08. The van der Waals surface area contributed by atoms with Crippen molar-refractivity contribution in [2.45, 2.75) is 6.54 Å². The highest BCUT2D eigenvalue weighted by Crippen LogP contribution is 2.16. The van der Waals surface area contributed by atoms with Crippen molar-refractivity contribution >= 4 is 29.1 Å². The molecule has 5 heteroatoms. The number of halogens is 2. The van der Waals surface area contributed by atoms with Gasteiger partial charge in [0, 0.05) is 24.0 Å². The van der Waals surface area contributed by atoms with Gasteiger partial charge in [-0.25, -0.2) is 0 Å². The molecule has 0 aliphatic heterocycles. The van der Waals surface area contributed by atoms with Crippen LogP contribution in [0, 0.1) is 0 Å². The standard InChI is InChI=1S/C13H10Cl2N2O/c14-11-4-2-1-3-9(11)7-17-13(18)10-5-6-16-8-12(10)15/h1-6,8H,7H2,(H,17,18). The van der Waals surface area contributed by atoms with Crippen LogP contribution < -0.4 is 5.32 Å². The Morgan fingerprint density at radius 3 is 2.67 bits per heavy atom. The van der Waals surface area contributed by atoms with E-state index < -0.39 is 0 Å². The van der Waals surface area contributed by atoms with Crippen molar-refractivity contribution in [2.75, 3.05) is 0 Å². The van der Waals surface area contributed by atoms with E-state index in [4.69, 9.17) is 23.2 Å². The lowest BCUT2D eigenvalue weighted by Gasteiger charge is -2.07. The van der Waals surface area contributed by atoms with Crippen LogP contribution in [0.2, 0.25) is 10.0 Å². The fourth-order valence-corrected chi connectivity index (χ4v) is 1.88. The molecule has 0 unspecified atom stereocenters. The highest BCUT2D eigenvalue weighted by molar-refractivity contribution is 6.33. The third kappa shape index (κ3) is 3.00. The Bertz CT molecular complexity index is 572.